The minimum atomic E-state index is -1.13. The number of hydrogen-bond donors (Lipinski definition) is 2. The van der Waals surface area contributed by atoms with Gasteiger partial charge in [0.15, 0.2) is 0 Å². The number of aliphatic carboxylic acids is 1. The highest BCUT2D eigenvalue weighted by molar-refractivity contribution is 5.85. The van der Waals surface area contributed by atoms with E-state index < -0.39 is 23.7 Å². The number of benzene rings is 3. The molecule has 0 radical (unpaired) electrons. The summed E-state index contributed by atoms with van der Waals surface area (Å²) in [5.74, 6) is -1.33. The second-order valence-corrected chi connectivity index (χ2v) is 6.89. The first-order chi connectivity index (χ1) is 14.5. The first-order valence-corrected chi connectivity index (χ1v) is 9.52. The lowest BCUT2D eigenvalue weighted by molar-refractivity contribution is -0.141. The average molecular weight is 407 g/mol. The van der Waals surface area contributed by atoms with Crippen LogP contribution in [0.5, 0.6) is 5.75 Å². The van der Waals surface area contributed by atoms with Crippen molar-refractivity contribution in [1.29, 1.82) is 0 Å². The monoisotopic (exact) mass is 407 g/mol. The van der Waals surface area contributed by atoms with Crippen molar-refractivity contribution in [2.45, 2.75) is 25.5 Å². The Labute approximate surface area is 174 Å². The second kappa shape index (κ2) is 10.2. The molecular weight excluding hydrogens is 385 g/mol. The van der Waals surface area contributed by atoms with Gasteiger partial charge in [-0.2, -0.15) is 0 Å². The lowest BCUT2D eigenvalue weighted by atomic mass is 10.0. The van der Waals surface area contributed by atoms with Crippen LogP contribution in [0.15, 0.2) is 78.9 Å². The van der Waals surface area contributed by atoms with E-state index in [-0.39, 0.29) is 12.8 Å². The quantitative estimate of drug-likeness (QED) is 0.566. The van der Waals surface area contributed by atoms with Crippen molar-refractivity contribution < 1.29 is 23.8 Å². The van der Waals surface area contributed by atoms with Crippen molar-refractivity contribution in [2.24, 2.45) is 0 Å². The largest absolute Gasteiger partial charge is 0.489 e. The first kappa shape index (κ1) is 21.0. The molecule has 0 aliphatic carbocycles. The van der Waals surface area contributed by atoms with Crippen LogP contribution in [0.3, 0.4) is 0 Å². The highest BCUT2D eigenvalue weighted by Gasteiger charge is 2.20. The lowest BCUT2D eigenvalue weighted by Gasteiger charge is -2.15. The van der Waals surface area contributed by atoms with Crippen LogP contribution in [0.1, 0.15) is 16.7 Å². The molecule has 1 amide bonds. The van der Waals surface area contributed by atoms with Gasteiger partial charge < -0.3 is 15.2 Å². The number of hydrogen-bond acceptors (Lipinski definition) is 3. The molecule has 5 nitrogen and oxygen atoms in total. The number of carbonyl (C=O) groups is 2. The summed E-state index contributed by atoms with van der Waals surface area (Å²) in [4.78, 5) is 23.9. The summed E-state index contributed by atoms with van der Waals surface area (Å²) < 4.78 is 18.8. The molecule has 0 spiro atoms. The van der Waals surface area contributed by atoms with Gasteiger partial charge in [-0.1, -0.05) is 54.6 Å². The molecule has 0 unspecified atom stereocenters. The van der Waals surface area contributed by atoms with Crippen LogP contribution < -0.4 is 10.1 Å². The number of carboxylic acids is 1. The van der Waals surface area contributed by atoms with Gasteiger partial charge in [-0.15, -0.1) is 0 Å². The van der Waals surface area contributed by atoms with Gasteiger partial charge in [0.25, 0.3) is 0 Å². The fourth-order valence-electron chi connectivity index (χ4n) is 2.97. The Morgan fingerprint density at radius 2 is 1.60 bits per heavy atom. The van der Waals surface area contributed by atoms with E-state index in [2.05, 4.69) is 5.32 Å². The molecule has 0 bridgehead atoms. The van der Waals surface area contributed by atoms with Crippen molar-refractivity contribution in [2.75, 3.05) is 0 Å². The summed E-state index contributed by atoms with van der Waals surface area (Å²) in [7, 11) is 0. The zero-order valence-electron chi connectivity index (χ0n) is 16.3. The van der Waals surface area contributed by atoms with Gasteiger partial charge in [0, 0.05) is 6.42 Å². The summed E-state index contributed by atoms with van der Waals surface area (Å²) in [6.07, 6.45) is 0.0946. The number of carbonyl (C=O) groups excluding carboxylic acids is 1. The van der Waals surface area contributed by atoms with Crippen molar-refractivity contribution in [1.82, 2.24) is 5.32 Å². The van der Waals surface area contributed by atoms with E-state index in [1.807, 2.05) is 30.3 Å². The number of ether oxygens (including phenoxy) is 1. The Kier molecular flexibility index (Phi) is 7.16. The van der Waals surface area contributed by atoms with E-state index in [1.54, 1.807) is 24.3 Å². The fourth-order valence-corrected chi connectivity index (χ4v) is 2.97. The summed E-state index contributed by atoms with van der Waals surface area (Å²) in [5, 5.41) is 12.0. The molecule has 2 N–H and O–H groups in total. The van der Waals surface area contributed by atoms with Gasteiger partial charge in [-0.05, 0) is 41.0 Å². The summed E-state index contributed by atoms with van der Waals surface area (Å²) in [6, 6.07) is 21.3. The Balaban J connectivity index is 1.59. The molecule has 154 valence electrons. The van der Waals surface area contributed by atoms with Crippen LogP contribution in [-0.2, 0) is 29.0 Å². The smallest absolute Gasteiger partial charge is 0.326 e. The predicted octanol–water partition coefficient (Wildman–Crippen LogP) is 3.76. The zero-order valence-corrected chi connectivity index (χ0v) is 16.3. The van der Waals surface area contributed by atoms with Gasteiger partial charge >= 0.3 is 5.97 Å². The molecule has 6 heteroatoms. The molecule has 1 atom stereocenters. The maximum atomic E-state index is 13.0. The first-order valence-electron chi connectivity index (χ1n) is 9.52. The highest BCUT2D eigenvalue weighted by Crippen LogP contribution is 2.17. The van der Waals surface area contributed by atoms with Crippen molar-refractivity contribution in [3.8, 4) is 5.75 Å². The number of halogens is 1. The molecule has 30 heavy (non-hydrogen) atoms. The van der Waals surface area contributed by atoms with E-state index in [1.165, 1.54) is 24.3 Å². The molecule has 0 saturated carbocycles. The van der Waals surface area contributed by atoms with Gasteiger partial charge in [0.1, 0.15) is 24.2 Å². The van der Waals surface area contributed by atoms with E-state index >= 15 is 0 Å². The van der Waals surface area contributed by atoms with Crippen LogP contribution in [-0.4, -0.2) is 23.0 Å². The Morgan fingerprint density at radius 3 is 2.30 bits per heavy atom. The Hall–Kier alpha value is -3.67. The van der Waals surface area contributed by atoms with E-state index in [9.17, 15) is 19.1 Å². The SMILES string of the molecule is O=C(Cc1ccc(F)cc1)N[C@H](Cc1cccc(OCc2ccccc2)c1)C(=O)O. The van der Waals surface area contributed by atoms with Gasteiger partial charge in [0.2, 0.25) is 5.91 Å². The van der Waals surface area contributed by atoms with E-state index in [0.717, 1.165) is 11.1 Å². The van der Waals surface area contributed by atoms with E-state index in [0.29, 0.717) is 17.9 Å². The molecule has 0 fully saturated rings. The number of amides is 1. The van der Waals surface area contributed by atoms with Crippen molar-refractivity contribution in [3.05, 3.63) is 101 Å². The summed E-state index contributed by atoms with van der Waals surface area (Å²) in [5.41, 5.74) is 2.36. The minimum absolute atomic E-state index is 0.0235. The lowest BCUT2D eigenvalue weighted by Crippen LogP contribution is -2.43. The molecular formula is C24H22FNO4. The minimum Gasteiger partial charge on any atom is -0.489 e. The van der Waals surface area contributed by atoms with Crippen LogP contribution in [0.25, 0.3) is 0 Å². The summed E-state index contributed by atoms with van der Waals surface area (Å²) >= 11 is 0. The van der Waals surface area contributed by atoms with Gasteiger partial charge in [0.05, 0.1) is 6.42 Å². The standard InChI is InChI=1S/C24H22FNO4/c25-20-11-9-17(10-12-20)15-23(27)26-22(24(28)29)14-19-7-4-8-21(13-19)30-16-18-5-2-1-3-6-18/h1-13,22H,14-16H2,(H,26,27)(H,28,29)/t22-/m1/s1. The molecule has 0 aliphatic rings. The van der Waals surface area contributed by atoms with Crippen LogP contribution >= 0.6 is 0 Å². The van der Waals surface area contributed by atoms with Crippen LogP contribution in [0.4, 0.5) is 4.39 Å². The van der Waals surface area contributed by atoms with Crippen molar-refractivity contribution in [3.63, 3.8) is 0 Å². The maximum absolute atomic E-state index is 13.0. The third-order valence-electron chi connectivity index (χ3n) is 4.50. The molecule has 0 heterocycles. The molecule has 0 saturated heterocycles. The molecule has 3 rings (SSSR count). The molecule has 3 aromatic rings. The van der Waals surface area contributed by atoms with Gasteiger partial charge in [-0.25, -0.2) is 9.18 Å². The fraction of sp³-hybridized carbons (Fsp3) is 0.167. The highest BCUT2D eigenvalue weighted by atomic mass is 19.1. The third kappa shape index (κ3) is 6.44. The Morgan fingerprint density at radius 1 is 0.900 bits per heavy atom. The molecule has 3 aromatic carbocycles. The normalized spacial score (nSPS) is 11.5. The average Bonchev–Trinajstić information content (AvgIpc) is 2.74. The van der Waals surface area contributed by atoms with E-state index in [4.69, 9.17) is 4.74 Å². The predicted molar refractivity (Wildman–Crippen MR) is 111 cm³/mol. The van der Waals surface area contributed by atoms with Gasteiger partial charge in [-0.3, -0.25) is 4.79 Å². The molecule has 0 aromatic heterocycles. The Bertz CT molecular complexity index is 990. The zero-order chi connectivity index (χ0) is 21.3. The van der Waals surface area contributed by atoms with Crippen LogP contribution in [0.2, 0.25) is 0 Å². The third-order valence-corrected chi connectivity index (χ3v) is 4.50. The molecule has 0 aliphatic heterocycles. The topological polar surface area (TPSA) is 75.6 Å². The maximum Gasteiger partial charge on any atom is 0.326 e. The summed E-state index contributed by atoms with van der Waals surface area (Å²) in [6.45, 7) is 0.404. The number of carboxylic acid groups (broad SMARTS) is 1. The second-order valence-electron chi connectivity index (χ2n) is 6.89. The number of rotatable bonds is 9. The van der Waals surface area contributed by atoms with Crippen LogP contribution in [0, 0.1) is 5.82 Å². The number of nitrogens with one attached hydrogen (secondary N) is 1. The van der Waals surface area contributed by atoms with Crippen molar-refractivity contribution >= 4 is 11.9 Å².